The molecule has 18 heavy (non-hydrogen) atoms. The van der Waals surface area contributed by atoms with Gasteiger partial charge in [-0.3, -0.25) is 4.79 Å². The topological polar surface area (TPSA) is 68.1 Å². The van der Waals surface area contributed by atoms with Crippen molar-refractivity contribution in [3.8, 4) is 16.9 Å². The molecule has 0 aliphatic carbocycles. The lowest BCUT2D eigenvalue weighted by molar-refractivity contribution is 0.415. The molecule has 0 atom stereocenters. The van der Waals surface area contributed by atoms with Crippen molar-refractivity contribution < 1.29 is 4.74 Å². The lowest BCUT2D eigenvalue weighted by atomic mass is 10.0. The van der Waals surface area contributed by atoms with E-state index in [0.717, 1.165) is 22.6 Å². The van der Waals surface area contributed by atoms with Gasteiger partial charge < -0.3 is 15.5 Å². The fourth-order valence-electron chi connectivity index (χ4n) is 1.89. The van der Waals surface area contributed by atoms with Crippen LogP contribution in [0.4, 0.5) is 0 Å². The molecule has 3 N–H and O–H groups in total. The summed E-state index contributed by atoms with van der Waals surface area (Å²) in [5, 5.41) is 0. The Kier molecular flexibility index (Phi) is 3.48. The van der Waals surface area contributed by atoms with Crippen LogP contribution in [0.3, 0.4) is 0 Å². The zero-order valence-electron chi connectivity index (χ0n) is 10.5. The van der Waals surface area contributed by atoms with E-state index in [2.05, 4.69) is 4.98 Å². The maximum Gasteiger partial charge on any atom is 0.252 e. The number of nitrogens with one attached hydrogen (secondary N) is 1. The number of nitrogens with two attached hydrogens (primary N) is 1. The summed E-state index contributed by atoms with van der Waals surface area (Å²) in [6.07, 6.45) is 0. The second kappa shape index (κ2) is 5.06. The fourth-order valence-corrected chi connectivity index (χ4v) is 1.89. The molecule has 0 saturated heterocycles. The van der Waals surface area contributed by atoms with Crippen LogP contribution in [0.2, 0.25) is 0 Å². The first-order valence-electron chi connectivity index (χ1n) is 5.73. The van der Waals surface area contributed by atoms with E-state index in [1.807, 2.05) is 37.3 Å². The standard InChI is InChI=1S/C14H16N2O2/c1-9-13(7-11(8-15)14(17)16-9)10-3-5-12(18-2)6-4-10/h3-7H,8,15H2,1-2H3,(H,16,17). The third-order valence-corrected chi connectivity index (χ3v) is 2.94. The smallest absolute Gasteiger partial charge is 0.252 e. The number of aryl methyl sites for hydroxylation is 1. The Morgan fingerprint density at radius 2 is 1.94 bits per heavy atom. The van der Waals surface area contributed by atoms with Crippen molar-refractivity contribution >= 4 is 0 Å². The predicted molar refractivity (Wildman–Crippen MR) is 71.7 cm³/mol. The predicted octanol–water partition coefficient (Wildman–Crippen LogP) is 1.82. The average Bonchev–Trinajstić information content (AvgIpc) is 2.39. The Bertz CT molecular complexity index is 600. The number of pyridine rings is 1. The summed E-state index contributed by atoms with van der Waals surface area (Å²) in [6, 6.07) is 9.54. The highest BCUT2D eigenvalue weighted by Gasteiger charge is 2.06. The minimum absolute atomic E-state index is 0.118. The molecule has 4 nitrogen and oxygen atoms in total. The Labute approximate surface area is 105 Å². The van der Waals surface area contributed by atoms with Crippen LogP contribution in [0.15, 0.2) is 35.1 Å². The van der Waals surface area contributed by atoms with E-state index in [4.69, 9.17) is 10.5 Å². The molecule has 2 rings (SSSR count). The number of hydrogen-bond donors (Lipinski definition) is 2. The largest absolute Gasteiger partial charge is 0.497 e. The maximum absolute atomic E-state index is 11.6. The van der Waals surface area contributed by atoms with Crippen molar-refractivity contribution in [2.24, 2.45) is 5.73 Å². The molecule has 1 aromatic heterocycles. The van der Waals surface area contributed by atoms with E-state index in [1.54, 1.807) is 7.11 Å². The van der Waals surface area contributed by atoms with Gasteiger partial charge in [-0.15, -0.1) is 0 Å². The highest BCUT2D eigenvalue weighted by molar-refractivity contribution is 5.67. The Morgan fingerprint density at radius 3 is 2.50 bits per heavy atom. The van der Waals surface area contributed by atoms with Gasteiger partial charge in [0.1, 0.15) is 5.75 Å². The van der Waals surface area contributed by atoms with E-state index >= 15 is 0 Å². The quantitative estimate of drug-likeness (QED) is 0.865. The zero-order valence-corrected chi connectivity index (χ0v) is 10.5. The van der Waals surface area contributed by atoms with Crippen molar-refractivity contribution in [2.75, 3.05) is 7.11 Å². The highest BCUT2D eigenvalue weighted by atomic mass is 16.5. The third-order valence-electron chi connectivity index (χ3n) is 2.94. The van der Waals surface area contributed by atoms with Crippen molar-refractivity contribution in [1.82, 2.24) is 4.98 Å². The Hall–Kier alpha value is -2.07. The van der Waals surface area contributed by atoms with Crippen LogP contribution in [0.1, 0.15) is 11.3 Å². The summed E-state index contributed by atoms with van der Waals surface area (Å²) in [6.45, 7) is 2.11. The molecule has 0 amide bonds. The molecular formula is C14H16N2O2. The van der Waals surface area contributed by atoms with E-state index in [0.29, 0.717) is 5.56 Å². The first-order valence-corrected chi connectivity index (χ1v) is 5.73. The maximum atomic E-state index is 11.6. The summed E-state index contributed by atoms with van der Waals surface area (Å²) in [5.41, 5.74) is 8.87. The number of ether oxygens (including phenoxy) is 1. The van der Waals surface area contributed by atoms with Gasteiger partial charge in [0.05, 0.1) is 7.11 Å². The van der Waals surface area contributed by atoms with Crippen molar-refractivity contribution in [1.29, 1.82) is 0 Å². The Balaban J connectivity index is 2.52. The first-order chi connectivity index (χ1) is 8.65. The molecule has 0 aliphatic heterocycles. The van der Waals surface area contributed by atoms with E-state index < -0.39 is 0 Å². The van der Waals surface area contributed by atoms with Crippen LogP contribution in [-0.2, 0) is 6.54 Å². The van der Waals surface area contributed by atoms with Crippen molar-refractivity contribution in [3.63, 3.8) is 0 Å². The molecule has 4 heteroatoms. The van der Waals surface area contributed by atoms with E-state index in [-0.39, 0.29) is 12.1 Å². The molecule has 0 saturated carbocycles. The molecule has 2 aromatic rings. The number of rotatable bonds is 3. The van der Waals surface area contributed by atoms with E-state index in [9.17, 15) is 4.79 Å². The SMILES string of the molecule is COc1ccc(-c2cc(CN)c(=O)[nH]c2C)cc1. The van der Waals surface area contributed by atoms with Crippen molar-refractivity contribution in [2.45, 2.75) is 13.5 Å². The molecular weight excluding hydrogens is 228 g/mol. The van der Waals surface area contributed by atoms with Crippen LogP contribution in [-0.4, -0.2) is 12.1 Å². The molecule has 1 aromatic carbocycles. The average molecular weight is 244 g/mol. The van der Waals surface area contributed by atoms with Gasteiger partial charge in [-0.2, -0.15) is 0 Å². The lowest BCUT2D eigenvalue weighted by Gasteiger charge is -2.08. The number of hydrogen-bond acceptors (Lipinski definition) is 3. The van der Waals surface area contributed by atoms with Crippen LogP contribution in [0.5, 0.6) is 5.75 Å². The summed E-state index contributed by atoms with van der Waals surface area (Å²) < 4.78 is 5.12. The van der Waals surface area contributed by atoms with Gasteiger partial charge in [-0.25, -0.2) is 0 Å². The second-order valence-electron chi connectivity index (χ2n) is 4.10. The fraction of sp³-hybridized carbons (Fsp3) is 0.214. The normalized spacial score (nSPS) is 10.4. The van der Waals surface area contributed by atoms with Gasteiger partial charge in [-0.1, -0.05) is 12.1 Å². The monoisotopic (exact) mass is 244 g/mol. The molecule has 0 unspecified atom stereocenters. The van der Waals surface area contributed by atoms with Gasteiger partial charge in [0.25, 0.3) is 5.56 Å². The molecule has 0 aliphatic rings. The molecule has 94 valence electrons. The summed E-state index contributed by atoms with van der Waals surface area (Å²) in [7, 11) is 1.63. The number of H-pyrrole nitrogens is 1. The molecule has 0 fully saturated rings. The molecule has 1 heterocycles. The van der Waals surface area contributed by atoms with Gasteiger partial charge in [-0.05, 0) is 30.7 Å². The third kappa shape index (κ3) is 2.28. The van der Waals surface area contributed by atoms with Crippen LogP contribution >= 0.6 is 0 Å². The molecule has 0 radical (unpaired) electrons. The van der Waals surface area contributed by atoms with Crippen LogP contribution in [0, 0.1) is 6.92 Å². The number of aromatic amines is 1. The summed E-state index contributed by atoms with van der Waals surface area (Å²) in [5.74, 6) is 0.805. The molecule has 0 spiro atoms. The second-order valence-corrected chi connectivity index (χ2v) is 4.10. The highest BCUT2D eigenvalue weighted by Crippen LogP contribution is 2.24. The number of aromatic nitrogens is 1. The van der Waals surface area contributed by atoms with Crippen LogP contribution in [0.25, 0.3) is 11.1 Å². The number of methoxy groups -OCH3 is 1. The van der Waals surface area contributed by atoms with Gasteiger partial charge in [0, 0.05) is 23.4 Å². The van der Waals surface area contributed by atoms with E-state index in [1.165, 1.54) is 0 Å². The lowest BCUT2D eigenvalue weighted by Crippen LogP contribution is -2.17. The zero-order chi connectivity index (χ0) is 13.1. The Morgan fingerprint density at radius 1 is 1.28 bits per heavy atom. The minimum atomic E-state index is -0.118. The van der Waals surface area contributed by atoms with Gasteiger partial charge in [0.2, 0.25) is 0 Å². The summed E-state index contributed by atoms with van der Waals surface area (Å²) in [4.78, 5) is 14.4. The molecule has 0 bridgehead atoms. The van der Waals surface area contributed by atoms with Crippen LogP contribution < -0.4 is 16.0 Å². The van der Waals surface area contributed by atoms with Crippen molar-refractivity contribution in [3.05, 3.63) is 51.9 Å². The summed E-state index contributed by atoms with van der Waals surface area (Å²) >= 11 is 0. The first kappa shape index (κ1) is 12.4. The number of benzene rings is 1. The minimum Gasteiger partial charge on any atom is -0.497 e. The van der Waals surface area contributed by atoms with Gasteiger partial charge in [0.15, 0.2) is 0 Å². The van der Waals surface area contributed by atoms with Gasteiger partial charge >= 0.3 is 0 Å².